The summed E-state index contributed by atoms with van der Waals surface area (Å²) in [6.07, 6.45) is 0. The summed E-state index contributed by atoms with van der Waals surface area (Å²) in [5.74, 6) is 0.808. The van der Waals surface area contributed by atoms with Gasteiger partial charge in [-0.15, -0.1) is 0 Å². The second kappa shape index (κ2) is 7.64. The molecule has 0 unspecified atom stereocenters. The topological polar surface area (TPSA) is 90.8 Å². The number of hydrogen-bond acceptors (Lipinski definition) is 4. The van der Waals surface area contributed by atoms with Crippen LogP contribution in [0, 0.1) is 11.3 Å². The second-order valence-corrected chi connectivity index (χ2v) is 6.13. The van der Waals surface area contributed by atoms with Crippen molar-refractivity contribution in [2.45, 2.75) is 0 Å². The van der Waals surface area contributed by atoms with Crippen LogP contribution in [-0.2, 0) is 4.79 Å². The minimum atomic E-state index is -0.311. The first-order valence-corrected chi connectivity index (χ1v) is 8.70. The van der Waals surface area contributed by atoms with E-state index < -0.39 is 0 Å². The van der Waals surface area contributed by atoms with E-state index in [1.165, 1.54) is 0 Å². The van der Waals surface area contributed by atoms with Gasteiger partial charge >= 0.3 is 0 Å². The van der Waals surface area contributed by atoms with E-state index in [0.717, 1.165) is 22.4 Å². The monoisotopic (exact) mass is 368 g/mol. The number of benzene rings is 3. The first-order chi connectivity index (χ1) is 13.7. The van der Waals surface area contributed by atoms with E-state index in [9.17, 15) is 4.79 Å². The molecule has 136 valence electrons. The fraction of sp³-hybridized carbons (Fsp3) is 0.0455. The van der Waals surface area contributed by atoms with Gasteiger partial charge in [0.2, 0.25) is 0 Å². The maximum Gasteiger partial charge on any atom is 0.262 e. The van der Waals surface area contributed by atoms with Gasteiger partial charge in [-0.1, -0.05) is 36.4 Å². The third kappa shape index (κ3) is 3.69. The predicted molar refractivity (Wildman–Crippen MR) is 107 cm³/mol. The van der Waals surface area contributed by atoms with Crippen LogP contribution in [0.5, 0.6) is 5.75 Å². The Morgan fingerprint density at radius 3 is 2.75 bits per heavy atom. The van der Waals surface area contributed by atoms with Crippen LogP contribution in [0.1, 0.15) is 5.56 Å². The number of H-pyrrole nitrogens is 1. The molecular formula is C22H16N4O2. The SMILES string of the molecule is N#Cc1ccccc1OCC(=O)Nc1cccc(-c2nc3ccccc3[nH]2)c1. The Labute approximate surface area is 161 Å². The Hall–Kier alpha value is -4.11. The maximum absolute atomic E-state index is 12.2. The van der Waals surface area contributed by atoms with Crippen LogP contribution in [0.2, 0.25) is 0 Å². The number of hydrogen-bond donors (Lipinski definition) is 2. The molecule has 0 aliphatic carbocycles. The number of aromatic nitrogens is 2. The first-order valence-electron chi connectivity index (χ1n) is 8.70. The largest absolute Gasteiger partial charge is 0.482 e. The Balaban J connectivity index is 1.46. The number of nitrogens with zero attached hydrogens (tertiary/aromatic N) is 2. The van der Waals surface area contributed by atoms with Crippen molar-refractivity contribution < 1.29 is 9.53 Å². The number of fused-ring (bicyclic) bond motifs is 1. The van der Waals surface area contributed by atoms with Crippen molar-refractivity contribution >= 4 is 22.6 Å². The zero-order valence-corrected chi connectivity index (χ0v) is 14.8. The van der Waals surface area contributed by atoms with Gasteiger partial charge in [-0.25, -0.2) is 4.98 Å². The summed E-state index contributed by atoms with van der Waals surface area (Å²) in [7, 11) is 0. The van der Waals surface area contributed by atoms with Crippen LogP contribution in [0.3, 0.4) is 0 Å². The number of para-hydroxylation sites is 3. The summed E-state index contributed by atoms with van der Waals surface area (Å²) in [4.78, 5) is 20.1. The van der Waals surface area contributed by atoms with Gasteiger partial charge in [-0.3, -0.25) is 4.79 Å². The summed E-state index contributed by atoms with van der Waals surface area (Å²) in [5, 5.41) is 11.9. The van der Waals surface area contributed by atoms with Gasteiger partial charge in [0, 0.05) is 11.3 Å². The fourth-order valence-electron chi connectivity index (χ4n) is 2.86. The zero-order chi connectivity index (χ0) is 19.3. The van der Waals surface area contributed by atoms with E-state index in [0.29, 0.717) is 17.0 Å². The highest BCUT2D eigenvalue weighted by atomic mass is 16.5. The van der Waals surface area contributed by atoms with Crippen molar-refractivity contribution in [3.63, 3.8) is 0 Å². The van der Waals surface area contributed by atoms with E-state index in [1.54, 1.807) is 30.3 Å². The van der Waals surface area contributed by atoms with E-state index in [1.807, 2.05) is 48.5 Å². The highest BCUT2D eigenvalue weighted by Gasteiger charge is 2.09. The van der Waals surface area contributed by atoms with Crippen molar-refractivity contribution in [1.82, 2.24) is 9.97 Å². The summed E-state index contributed by atoms with van der Waals surface area (Å²) in [5.41, 5.74) is 3.74. The van der Waals surface area contributed by atoms with Gasteiger partial charge < -0.3 is 15.0 Å². The van der Waals surface area contributed by atoms with Gasteiger partial charge in [-0.05, 0) is 36.4 Å². The van der Waals surface area contributed by atoms with Crippen molar-refractivity contribution in [3.05, 3.63) is 78.4 Å². The molecular weight excluding hydrogens is 352 g/mol. The average Bonchev–Trinajstić information content (AvgIpc) is 3.17. The molecule has 0 spiro atoms. The van der Waals surface area contributed by atoms with Crippen molar-refractivity contribution in [2.75, 3.05) is 11.9 Å². The molecule has 0 bridgehead atoms. The van der Waals surface area contributed by atoms with Crippen LogP contribution in [0.4, 0.5) is 5.69 Å². The Morgan fingerprint density at radius 1 is 1.07 bits per heavy atom. The molecule has 0 aliphatic rings. The molecule has 6 nitrogen and oxygen atoms in total. The van der Waals surface area contributed by atoms with Crippen molar-refractivity contribution in [1.29, 1.82) is 5.26 Å². The lowest BCUT2D eigenvalue weighted by Gasteiger charge is -2.09. The predicted octanol–water partition coefficient (Wildman–Crippen LogP) is 4.12. The van der Waals surface area contributed by atoms with Crippen LogP contribution >= 0.6 is 0 Å². The molecule has 2 N–H and O–H groups in total. The van der Waals surface area contributed by atoms with E-state index >= 15 is 0 Å². The number of aromatic amines is 1. The van der Waals surface area contributed by atoms with Gasteiger partial charge in [0.1, 0.15) is 17.6 Å². The first kappa shape index (κ1) is 17.3. The average molecular weight is 368 g/mol. The Morgan fingerprint density at radius 2 is 1.89 bits per heavy atom. The van der Waals surface area contributed by atoms with Crippen LogP contribution in [0.15, 0.2) is 72.8 Å². The molecule has 6 heteroatoms. The number of carbonyl (C=O) groups excluding carboxylic acids is 1. The summed E-state index contributed by atoms with van der Waals surface area (Å²) >= 11 is 0. The second-order valence-electron chi connectivity index (χ2n) is 6.13. The smallest absolute Gasteiger partial charge is 0.262 e. The molecule has 3 aromatic carbocycles. The normalized spacial score (nSPS) is 10.4. The third-order valence-corrected chi connectivity index (χ3v) is 4.18. The highest BCUT2D eigenvalue weighted by molar-refractivity contribution is 5.92. The number of nitrogens with one attached hydrogen (secondary N) is 2. The van der Waals surface area contributed by atoms with Gasteiger partial charge in [-0.2, -0.15) is 5.26 Å². The standard InChI is InChI=1S/C22H16N4O2/c23-13-16-6-1-4-11-20(16)28-14-21(27)24-17-8-5-7-15(12-17)22-25-18-9-2-3-10-19(18)26-22/h1-12H,14H2,(H,24,27)(H,25,26). The molecule has 0 saturated carbocycles. The van der Waals surface area contributed by atoms with Crippen LogP contribution < -0.4 is 10.1 Å². The van der Waals surface area contributed by atoms with E-state index in [4.69, 9.17) is 10.00 Å². The summed E-state index contributed by atoms with van der Waals surface area (Å²) < 4.78 is 5.46. The van der Waals surface area contributed by atoms with Crippen molar-refractivity contribution in [3.8, 4) is 23.2 Å². The lowest BCUT2D eigenvalue weighted by molar-refractivity contribution is -0.118. The minimum Gasteiger partial charge on any atom is -0.482 e. The number of ether oxygens (including phenoxy) is 1. The molecule has 0 saturated heterocycles. The fourth-order valence-corrected chi connectivity index (χ4v) is 2.86. The third-order valence-electron chi connectivity index (χ3n) is 4.18. The summed E-state index contributed by atoms with van der Waals surface area (Å²) in [6.45, 7) is -0.187. The van der Waals surface area contributed by atoms with Crippen LogP contribution in [-0.4, -0.2) is 22.5 Å². The minimum absolute atomic E-state index is 0.187. The van der Waals surface area contributed by atoms with Crippen LogP contribution in [0.25, 0.3) is 22.4 Å². The molecule has 0 atom stereocenters. The molecule has 0 fully saturated rings. The van der Waals surface area contributed by atoms with Gasteiger partial charge in [0.25, 0.3) is 5.91 Å². The number of imidazole rings is 1. The highest BCUT2D eigenvalue weighted by Crippen LogP contribution is 2.23. The quantitative estimate of drug-likeness (QED) is 0.554. The molecule has 1 heterocycles. The lowest BCUT2D eigenvalue weighted by Crippen LogP contribution is -2.20. The Bertz CT molecular complexity index is 1160. The number of carbonyl (C=O) groups is 1. The van der Waals surface area contributed by atoms with Gasteiger partial charge in [0.15, 0.2) is 6.61 Å². The van der Waals surface area contributed by atoms with Gasteiger partial charge in [0.05, 0.1) is 16.6 Å². The molecule has 1 amide bonds. The van der Waals surface area contributed by atoms with Crippen molar-refractivity contribution in [2.24, 2.45) is 0 Å². The van der Waals surface area contributed by atoms with E-state index in [2.05, 4.69) is 15.3 Å². The maximum atomic E-state index is 12.2. The zero-order valence-electron chi connectivity index (χ0n) is 14.8. The Kier molecular flexibility index (Phi) is 4.72. The number of amides is 1. The molecule has 4 aromatic rings. The lowest BCUT2D eigenvalue weighted by atomic mass is 10.2. The molecule has 1 aromatic heterocycles. The molecule has 4 rings (SSSR count). The molecule has 28 heavy (non-hydrogen) atoms. The molecule has 0 radical (unpaired) electrons. The van der Waals surface area contributed by atoms with E-state index in [-0.39, 0.29) is 12.5 Å². The summed E-state index contributed by atoms with van der Waals surface area (Å²) in [6, 6.07) is 24.1. The molecule has 0 aliphatic heterocycles. The number of anilines is 1. The number of nitriles is 1. The number of rotatable bonds is 5.